The zero-order valence-electron chi connectivity index (χ0n) is 12.4. The molecule has 1 atom stereocenters. The van der Waals surface area contributed by atoms with Gasteiger partial charge in [-0.05, 0) is 44.4 Å². The number of benzene rings is 1. The smallest absolute Gasteiger partial charge is 0.318 e. The maximum atomic E-state index is 12.4. The van der Waals surface area contributed by atoms with Crippen LogP contribution in [0.2, 0.25) is 5.02 Å². The molecule has 21 heavy (non-hydrogen) atoms. The van der Waals surface area contributed by atoms with Crippen LogP contribution in [0.4, 0.5) is 4.79 Å². The molecule has 1 N–H and O–H groups in total. The van der Waals surface area contributed by atoms with Crippen molar-refractivity contribution in [3.8, 4) is 0 Å². The second-order valence-corrected chi connectivity index (χ2v) is 6.94. The molecule has 114 valence electrons. The molecule has 1 unspecified atom stereocenters. The summed E-state index contributed by atoms with van der Waals surface area (Å²) in [5.41, 5.74) is 0.718. The van der Waals surface area contributed by atoms with E-state index in [4.69, 9.17) is 16.3 Å². The first-order valence-corrected chi connectivity index (χ1v) is 7.79. The van der Waals surface area contributed by atoms with Crippen molar-refractivity contribution in [3.63, 3.8) is 0 Å². The molecular weight excluding hydrogens is 288 g/mol. The lowest BCUT2D eigenvalue weighted by atomic mass is 9.98. The summed E-state index contributed by atoms with van der Waals surface area (Å²) in [7, 11) is 0. The molecular formula is C16H21ClN2O2. The molecule has 3 rings (SSSR count). The SMILES string of the molecule is CC1(C)COC(c2cccc(Cl)c2)CN1C(=O)NC1CC1. The Bertz CT molecular complexity index is 543. The van der Waals surface area contributed by atoms with Crippen molar-refractivity contribution in [2.24, 2.45) is 0 Å². The molecule has 2 fully saturated rings. The lowest BCUT2D eigenvalue weighted by Crippen LogP contribution is -2.59. The summed E-state index contributed by atoms with van der Waals surface area (Å²) < 4.78 is 5.95. The number of hydrogen-bond donors (Lipinski definition) is 1. The summed E-state index contributed by atoms with van der Waals surface area (Å²) in [6, 6.07) is 8.02. The Labute approximate surface area is 130 Å². The Balaban J connectivity index is 1.75. The van der Waals surface area contributed by atoms with Crippen LogP contribution in [0.3, 0.4) is 0 Å². The Kier molecular flexibility index (Phi) is 3.84. The van der Waals surface area contributed by atoms with Crippen molar-refractivity contribution in [2.75, 3.05) is 13.2 Å². The van der Waals surface area contributed by atoms with Crippen molar-refractivity contribution >= 4 is 17.6 Å². The van der Waals surface area contributed by atoms with Gasteiger partial charge in [-0.3, -0.25) is 0 Å². The minimum atomic E-state index is -0.298. The summed E-state index contributed by atoms with van der Waals surface area (Å²) in [4.78, 5) is 14.3. The molecule has 1 heterocycles. The van der Waals surface area contributed by atoms with Gasteiger partial charge in [0.15, 0.2) is 0 Å². The van der Waals surface area contributed by atoms with Crippen molar-refractivity contribution in [3.05, 3.63) is 34.9 Å². The number of rotatable bonds is 2. The van der Waals surface area contributed by atoms with Crippen LogP contribution in [0.1, 0.15) is 38.4 Å². The number of ether oxygens (including phenoxy) is 1. The monoisotopic (exact) mass is 308 g/mol. The van der Waals surface area contributed by atoms with Gasteiger partial charge in [0.2, 0.25) is 0 Å². The molecule has 0 spiro atoms. The number of nitrogens with zero attached hydrogens (tertiary/aromatic N) is 1. The minimum Gasteiger partial charge on any atom is -0.369 e. The number of halogens is 1. The van der Waals surface area contributed by atoms with Crippen molar-refractivity contribution in [1.82, 2.24) is 10.2 Å². The topological polar surface area (TPSA) is 41.6 Å². The summed E-state index contributed by atoms with van der Waals surface area (Å²) in [6.07, 6.45) is 2.06. The summed E-state index contributed by atoms with van der Waals surface area (Å²) in [5, 5.41) is 3.76. The number of hydrogen-bond acceptors (Lipinski definition) is 2. The first-order chi connectivity index (χ1) is 9.95. The predicted octanol–water partition coefficient (Wildman–Crippen LogP) is 3.36. The van der Waals surface area contributed by atoms with Crippen LogP contribution in [-0.2, 0) is 4.74 Å². The zero-order valence-corrected chi connectivity index (χ0v) is 13.2. The van der Waals surface area contributed by atoms with Crippen molar-refractivity contribution in [1.29, 1.82) is 0 Å². The number of morpholine rings is 1. The zero-order chi connectivity index (χ0) is 15.0. The molecule has 1 aliphatic heterocycles. The largest absolute Gasteiger partial charge is 0.369 e. The maximum absolute atomic E-state index is 12.4. The van der Waals surface area contributed by atoms with E-state index in [0.29, 0.717) is 24.2 Å². The average Bonchev–Trinajstić information content (AvgIpc) is 3.22. The van der Waals surface area contributed by atoms with E-state index in [2.05, 4.69) is 5.32 Å². The van der Waals surface area contributed by atoms with Gasteiger partial charge in [0, 0.05) is 11.1 Å². The van der Waals surface area contributed by atoms with Crippen LogP contribution in [-0.4, -0.2) is 35.7 Å². The molecule has 0 aromatic heterocycles. The number of urea groups is 1. The normalized spacial score (nSPS) is 24.7. The highest BCUT2D eigenvalue weighted by atomic mass is 35.5. The number of amides is 2. The molecule has 1 saturated carbocycles. The number of carbonyl (C=O) groups excluding carboxylic acids is 1. The van der Waals surface area contributed by atoms with Crippen LogP contribution >= 0.6 is 11.6 Å². The van der Waals surface area contributed by atoms with Crippen LogP contribution in [0.25, 0.3) is 0 Å². The van der Waals surface area contributed by atoms with E-state index in [-0.39, 0.29) is 17.7 Å². The van der Waals surface area contributed by atoms with E-state index in [1.54, 1.807) is 0 Å². The fourth-order valence-electron chi connectivity index (χ4n) is 2.59. The molecule has 2 aliphatic rings. The van der Waals surface area contributed by atoms with Crippen molar-refractivity contribution < 1.29 is 9.53 Å². The van der Waals surface area contributed by atoms with Gasteiger partial charge in [0.1, 0.15) is 6.10 Å². The molecule has 4 nitrogen and oxygen atoms in total. The lowest BCUT2D eigenvalue weighted by Gasteiger charge is -2.45. The van der Waals surface area contributed by atoms with Crippen LogP contribution in [0.5, 0.6) is 0 Å². The quantitative estimate of drug-likeness (QED) is 0.910. The first-order valence-electron chi connectivity index (χ1n) is 7.41. The highest BCUT2D eigenvalue weighted by Gasteiger charge is 2.40. The van der Waals surface area contributed by atoms with E-state index in [1.165, 1.54) is 0 Å². The third-order valence-electron chi connectivity index (χ3n) is 4.09. The molecule has 1 aliphatic carbocycles. The van der Waals surface area contributed by atoms with Gasteiger partial charge in [0.25, 0.3) is 0 Å². The Morgan fingerprint density at radius 1 is 1.43 bits per heavy atom. The highest BCUT2D eigenvalue weighted by Crippen LogP contribution is 2.32. The molecule has 1 aromatic carbocycles. The average molecular weight is 309 g/mol. The molecule has 5 heteroatoms. The minimum absolute atomic E-state index is 0.0119. The Hall–Kier alpha value is -1.26. The maximum Gasteiger partial charge on any atom is 0.318 e. The van der Waals surface area contributed by atoms with E-state index in [9.17, 15) is 4.79 Å². The second-order valence-electron chi connectivity index (χ2n) is 6.50. The van der Waals surface area contributed by atoms with Gasteiger partial charge in [-0.25, -0.2) is 4.79 Å². The Morgan fingerprint density at radius 3 is 2.86 bits per heavy atom. The van der Waals surface area contributed by atoms with Gasteiger partial charge in [-0.1, -0.05) is 23.7 Å². The van der Waals surface area contributed by atoms with Crippen LogP contribution < -0.4 is 5.32 Å². The number of nitrogens with one attached hydrogen (secondary N) is 1. The molecule has 0 radical (unpaired) electrons. The summed E-state index contributed by atoms with van der Waals surface area (Å²) >= 11 is 6.05. The summed E-state index contributed by atoms with van der Waals surface area (Å²) in [6.45, 7) is 5.13. The third kappa shape index (κ3) is 3.33. The van der Waals surface area contributed by atoms with E-state index < -0.39 is 0 Å². The van der Waals surface area contributed by atoms with Gasteiger partial charge < -0.3 is 15.0 Å². The fraction of sp³-hybridized carbons (Fsp3) is 0.562. The Morgan fingerprint density at radius 2 is 2.19 bits per heavy atom. The van der Waals surface area contributed by atoms with E-state index in [0.717, 1.165) is 18.4 Å². The standard InChI is InChI=1S/C16H21ClN2O2/c1-16(2)10-21-14(11-4-3-5-12(17)8-11)9-19(16)15(20)18-13-6-7-13/h3-5,8,13-14H,6-7,9-10H2,1-2H3,(H,18,20). The van der Waals surface area contributed by atoms with Crippen molar-refractivity contribution in [2.45, 2.75) is 44.4 Å². The molecule has 0 bridgehead atoms. The van der Waals surface area contributed by atoms with E-state index in [1.807, 2.05) is 43.0 Å². The van der Waals surface area contributed by atoms with E-state index >= 15 is 0 Å². The predicted molar refractivity (Wildman–Crippen MR) is 82.5 cm³/mol. The molecule has 1 aromatic rings. The van der Waals surface area contributed by atoms with Gasteiger partial charge >= 0.3 is 6.03 Å². The summed E-state index contributed by atoms with van der Waals surface area (Å²) in [5.74, 6) is 0. The second kappa shape index (κ2) is 5.50. The highest BCUT2D eigenvalue weighted by molar-refractivity contribution is 6.30. The van der Waals surface area contributed by atoms with Crippen LogP contribution in [0, 0.1) is 0 Å². The molecule has 1 saturated heterocycles. The van der Waals surface area contributed by atoms with Gasteiger partial charge in [-0.2, -0.15) is 0 Å². The van der Waals surface area contributed by atoms with Gasteiger partial charge in [0.05, 0.1) is 18.7 Å². The fourth-order valence-corrected chi connectivity index (χ4v) is 2.79. The number of carbonyl (C=O) groups is 1. The first kappa shape index (κ1) is 14.7. The lowest BCUT2D eigenvalue weighted by molar-refractivity contribution is -0.0804. The van der Waals surface area contributed by atoms with Crippen LogP contribution in [0.15, 0.2) is 24.3 Å². The third-order valence-corrected chi connectivity index (χ3v) is 4.32. The molecule has 2 amide bonds. The van der Waals surface area contributed by atoms with Gasteiger partial charge in [-0.15, -0.1) is 0 Å².